The SMILES string of the molecule is C[C@H]1CCCC[C@@]12NC(=O)N(CN1CCN(c3ccc(F)cc3)CC1)C2=O. The molecule has 27 heavy (non-hydrogen) atoms. The lowest BCUT2D eigenvalue weighted by Gasteiger charge is -2.38. The van der Waals surface area contributed by atoms with E-state index < -0.39 is 5.54 Å². The predicted molar refractivity (Wildman–Crippen MR) is 101 cm³/mol. The van der Waals surface area contributed by atoms with Crippen LogP contribution >= 0.6 is 0 Å². The Morgan fingerprint density at radius 1 is 1.11 bits per heavy atom. The lowest BCUT2D eigenvalue weighted by atomic mass is 9.73. The lowest BCUT2D eigenvalue weighted by Crippen LogP contribution is -2.55. The number of nitrogens with one attached hydrogen (secondary N) is 1. The zero-order valence-electron chi connectivity index (χ0n) is 15.8. The maximum Gasteiger partial charge on any atom is 0.326 e. The highest BCUT2D eigenvalue weighted by atomic mass is 19.1. The molecule has 1 N–H and O–H groups in total. The number of anilines is 1. The molecule has 1 aromatic carbocycles. The number of urea groups is 1. The topological polar surface area (TPSA) is 55.9 Å². The average molecular weight is 374 g/mol. The van der Waals surface area contributed by atoms with Gasteiger partial charge in [-0.1, -0.05) is 19.8 Å². The van der Waals surface area contributed by atoms with Gasteiger partial charge in [0.05, 0.1) is 6.67 Å². The van der Waals surface area contributed by atoms with E-state index in [9.17, 15) is 14.0 Å². The van der Waals surface area contributed by atoms with Crippen molar-refractivity contribution in [3.05, 3.63) is 30.1 Å². The molecule has 1 saturated carbocycles. The van der Waals surface area contributed by atoms with Gasteiger partial charge < -0.3 is 10.2 Å². The second-order valence-electron chi connectivity index (χ2n) is 8.00. The van der Waals surface area contributed by atoms with Crippen molar-refractivity contribution in [2.75, 3.05) is 37.7 Å². The van der Waals surface area contributed by atoms with Crippen molar-refractivity contribution in [1.29, 1.82) is 0 Å². The average Bonchev–Trinajstić information content (AvgIpc) is 2.91. The molecule has 2 saturated heterocycles. The minimum absolute atomic E-state index is 0.0549. The van der Waals surface area contributed by atoms with Crippen LogP contribution in [0, 0.1) is 11.7 Å². The van der Waals surface area contributed by atoms with Crippen LogP contribution in [0.5, 0.6) is 0 Å². The van der Waals surface area contributed by atoms with Crippen LogP contribution < -0.4 is 10.2 Å². The first-order valence-corrected chi connectivity index (χ1v) is 9.86. The smallest absolute Gasteiger partial charge is 0.326 e. The van der Waals surface area contributed by atoms with E-state index in [1.54, 1.807) is 12.1 Å². The van der Waals surface area contributed by atoms with Crippen molar-refractivity contribution in [1.82, 2.24) is 15.1 Å². The van der Waals surface area contributed by atoms with E-state index in [1.165, 1.54) is 17.0 Å². The fourth-order valence-corrected chi connectivity index (χ4v) is 4.62. The zero-order chi connectivity index (χ0) is 19.0. The number of piperazine rings is 1. The van der Waals surface area contributed by atoms with Gasteiger partial charge in [-0.15, -0.1) is 0 Å². The molecule has 1 aliphatic carbocycles. The molecule has 3 fully saturated rings. The Balaban J connectivity index is 1.37. The molecule has 7 heteroatoms. The molecule has 6 nitrogen and oxygen atoms in total. The van der Waals surface area contributed by atoms with E-state index in [4.69, 9.17) is 0 Å². The second-order valence-corrected chi connectivity index (χ2v) is 8.00. The molecule has 0 unspecified atom stereocenters. The minimum atomic E-state index is -0.689. The summed E-state index contributed by atoms with van der Waals surface area (Å²) in [6.07, 6.45) is 3.84. The summed E-state index contributed by atoms with van der Waals surface area (Å²) in [7, 11) is 0. The fourth-order valence-electron chi connectivity index (χ4n) is 4.62. The molecule has 2 atom stereocenters. The molecule has 2 heterocycles. The van der Waals surface area contributed by atoms with Gasteiger partial charge >= 0.3 is 6.03 Å². The van der Waals surface area contributed by atoms with Gasteiger partial charge in [-0.2, -0.15) is 0 Å². The number of rotatable bonds is 3. The molecular weight excluding hydrogens is 347 g/mol. The highest BCUT2D eigenvalue weighted by molar-refractivity contribution is 6.07. The summed E-state index contributed by atoms with van der Waals surface area (Å²) >= 11 is 0. The van der Waals surface area contributed by atoms with Gasteiger partial charge in [0.2, 0.25) is 0 Å². The molecule has 2 aliphatic heterocycles. The quantitative estimate of drug-likeness (QED) is 0.826. The number of nitrogens with zero attached hydrogens (tertiary/aromatic N) is 3. The Morgan fingerprint density at radius 2 is 1.81 bits per heavy atom. The number of benzene rings is 1. The second kappa shape index (κ2) is 7.11. The molecule has 3 aliphatic rings. The summed E-state index contributed by atoms with van der Waals surface area (Å²) in [6, 6.07) is 6.27. The summed E-state index contributed by atoms with van der Waals surface area (Å²) in [5.74, 6) is -0.106. The van der Waals surface area contributed by atoms with Crippen LogP contribution in [0.3, 0.4) is 0 Å². The molecule has 1 spiro atoms. The Bertz CT molecular complexity index is 717. The van der Waals surface area contributed by atoms with Gasteiger partial charge in [0.15, 0.2) is 0 Å². The maximum atomic E-state index is 13.1. The molecule has 0 bridgehead atoms. The van der Waals surface area contributed by atoms with Crippen LogP contribution in [-0.2, 0) is 4.79 Å². The number of carbonyl (C=O) groups excluding carboxylic acids is 2. The van der Waals surface area contributed by atoms with E-state index in [0.29, 0.717) is 6.67 Å². The number of amides is 3. The van der Waals surface area contributed by atoms with Crippen molar-refractivity contribution in [2.45, 2.75) is 38.1 Å². The van der Waals surface area contributed by atoms with Gasteiger partial charge in [-0.05, 0) is 43.0 Å². The van der Waals surface area contributed by atoms with E-state index in [-0.39, 0.29) is 23.7 Å². The van der Waals surface area contributed by atoms with E-state index >= 15 is 0 Å². The van der Waals surface area contributed by atoms with Crippen LogP contribution in [0.25, 0.3) is 0 Å². The normalized spacial score (nSPS) is 29.5. The lowest BCUT2D eigenvalue weighted by molar-refractivity contribution is -0.135. The van der Waals surface area contributed by atoms with Crippen LogP contribution in [0.1, 0.15) is 32.6 Å². The van der Waals surface area contributed by atoms with Gasteiger partial charge in [0.1, 0.15) is 11.4 Å². The number of hydrogen-bond donors (Lipinski definition) is 1. The van der Waals surface area contributed by atoms with Crippen LogP contribution in [0.2, 0.25) is 0 Å². The van der Waals surface area contributed by atoms with Gasteiger partial charge in [0.25, 0.3) is 5.91 Å². The summed E-state index contributed by atoms with van der Waals surface area (Å²) in [6.45, 7) is 5.51. The molecule has 4 rings (SSSR count). The summed E-state index contributed by atoms with van der Waals surface area (Å²) in [5, 5.41) is 3.01. The number of carbonyl (C=O) groups is 2. The number of halogens is 1. The maximum absolute atomic E-state index is 13.1. The molecule has 3 amide bonds. The molecule has 0 radical (unpaired) electrons. The molecular formula is C20H27FN4O2. The van der Waals surface area contributed by atoms with Crippen LogP contribution in [0.4, 0.5) is 14.9 Å². The standard InChI is InChI=1S/C20H27FN4O2/c1-15-4-2-3-9-20(15)18(26)25(19(27)22-20)14-23-10-12-24(13-11-23)17-7-5-16(21)6-8-17/h5-8,15H,2-4,9-14H2,1H3,(H,22,27)/t15-,20+/m0/s1. The Morgan fingerprint density at radius 3 is 2.48 bits per heavy atom. The van der Waals surface area contributed by atoms with Crippen molar-refractivity contribution in [3.63, 3.8) is 0 Å². The Hall–Kier alpha value is -2.15. The summed E-state index contributed by atoms with van der Waals surface area (Å²) < 4.78 is 13.1. The van der Waals surface area contributed by atoms with Gasteiger partial charge in [-0.3, -0.25) is 9.69 Å². The highest BCUT2D eigenvalue weighted by Crippen LogP contribution is 2.38. The van der Waals surface area contributed by atoms with Gasteiger partial charge in [-0.25, -0.2) is 14.1 Å². The van der Waals surface area contributed by atoms with Crippen molar-refractivity contribution in [2.24, 2.45) is 5.92 Å². The van der Waals surface area contributed by atoms with Crippen molar-refractivity contribution >= 4 is 17.6 Å². The Labute approximate surface area is 159 Å². The predicted octanol–water partition coefficient (Wildman–Crippen LogP) is 2.41. The first-order valence-electron chi connectivity index (χ1n) is 9.86. The third kappa shape index (κ3) is 3.29. The largest absolute Gasteiger partial charge is 0.369 e. The van der Waals surface area contributed by atoms with Crippen LogP contribution in [-0.4, -0.2) is 60.1 Å². The molecule has 146 valence electrons. The van der Waals surface area contributed by atoms with E-state index in [2.05, 4.69) is 22.0 Å². The minimum Gasteiger partial charge on any atom is -0.369 e. The highest BCUT2D eigenvalue weighted by Gasteiger charge is 2.55. The van der Waals surface area contributed by atoms with E-state index in [1.807, 2.05) is 0 Å². The Kier molecular flexibility index (Phi) is 4.80. The van der Waals surface area contributed by atoms with Crippen molar-refractivity contribution < 1.29 is 14.0 Å². The van der Waals surface area contributed by atoms with Crippen LogP contribution in [0.15, 0.2) is 24.3 Å². The summed E-state index contributed by atoms with van der Waals surface area (Å²) in [4.78, 5) is 31.3. The van der Waals surface area contributed by atoms with Crippen molar-refractivity contribution in [3.8, 4) is 0 Å². The van der Waals surface area contributed by atoms with E-state index in [0.717, 1.165) is 57.5 Å². The molecule has 1 aromatic rings. The monoisotopic (exact) mass is 374 g/mol. The number of hydrogen-bond acceptors (Lipinski definition) is 4. The first kappa shape index (κ1) is 18.2. The first-order chi connectivity index (χ1) is 13.0. The van der Waals surface area contributed by atoms with Gasteiger partial charge in [0, 0.05) is 31.9 Å². The third-order valence-electron chi connectivity index (χ3n) is 6.41. The number of imide groups is 1. The third-order valence-corrected chi connectivity index (χ3v) is 6.41. The fraction of sp³-hybridized carbons (Fsp3) is 0.600. The summed E-state index contributed by atoms with van der Waals surface area (Å²) in [5.41, 5.74) is 0.312. The zero-order valence-corrected chi connectivity index (χ0v) is 15.8. The molecule has 0 aromatic heterocycles.